The molecule has 0 saturated carbocycles. The maximum Gasteiger partial charge on any atom is 0.254 e. The fourth-order valence-corrected chi connectivity index (χ4v) is 3.72. The molecule has 1 aromatic heterocycles. The Balaban J connectivity index is 1.54. The third-order valence-electron chi connectivity index (χ3n) is 5.13. The second-order valence-electron chi connectivity index (χ2n) is 7.24. The molecule has 4 rings (SSSR count). The summed E-state index contributed by atoms with van der Waals surface area (Å²) < 4.78 is 26.6. The van der Waals surface area contributed by atoms with Crippen LogP contribution in [0.25, 0.3) is 10.9 Å². The normalized spacial score (nSPS) is 17.0. The first-order chi connectivity index (χ1) is 13.5. The predicted octanol–water partition coefficient (Wildman–Crippen LogP) is 4.54. The van der Waals surface area contributed by atoms with Crippen molar-refractivity contribution in [3.63, 3.8) is 0 Å². The van der Waals surface area contributed by atoms with Gasteiger partial charge in [0, 0.05) is 42.5 Å². The minimum Gasteiger partial charge on any atom is -0.380 e. The zero-order valence-electron chi connectivity index (χ0n) is 15.6. The molecule has 2 heterocycles. The van der Waals surface area contributed by atoms with Gasteiger partial charge in [-0.05, 0) is 50.1 Å². The molecule has 2 aromatic carbocycles. The van der Waals surface area contributed by atoms with Crippen molar-refractivity contribution in [1.29, 1.82) is 0 Å². The number of hydrogen-bond donors (Lipinski definition) is 1. The number of anilines is 1. The average molecular weight is 381 g/mol. The number of likely N-dealkylation sites (tertiary alicyclic amines) is 1. The van der Waals surface area contributed by atoms with E-state index in [9.17, 15) is 13.6 Å². The van der Waals surface area contributed by atoms with Gasteiger partial charge in [-0.2, -0.15) is 0 Å². The first-order valence-corrected chi connectivity index (χ1v) is 9.37. The quantitative estimate of drug-likeness (QED) is 0.725. The molecule has 1 unspecified atom stereocenters. The molecule has 0 radical (unpaired) electrons. The molecule has 1 atom stereocenters. The van der Waals surface area contributed by atoms with Gasteiger partial charge >= 0.3 is 0 Å². The van der Waals surface area contributed by atoms with E-state index in [4.69, 9.17) is 0 Å². The number of pyridine rings is 1. The zero-order valence-corrected chi connectivity index (χ0v) is 15.6. The Morgan fingerprint density at radius 1 is 1.14 bits per heavy atom. The van der Waals surface area contributed by atoms with Crippen molar-refractivity contribution in [2.75, 3.05) is 18.4 Å². The minimum atomic E-state index is -0.882. The summed E-state index contributed by atoms with van der Waals surface area (Å²) in [4.78, 5) is 19.3. The van der Waals surface area contributed by atoms with E-state index in [0.717, 1.165) is 41.4 Å². The Labute approximate surface area is 162 Å². The highest BCUT2D eigenvalue weighted by molar-refractivity contribution is 6.06. The number of piperidine rings is 1. The Bertz CT molecular complexity index is 1040. The van der Waals surface area contributed by atoms with Gasteiger partial charge in [-0.15, -0.1) is 0 Å². The van der Waals surface area contributed by atoms with E-state index < -0.39 is 11.6 Å². The SMILES string of the molecule is Cc1ccc2nccc(C(=O)N3CCCC(Nc4ccc(F)c(F)c4)C3)c2c1. The Morgan fingerprint density at radius 3 is 2.82 bits per heavy atom. The van der Waals surface area contributed by atoms with Crippen LogP contribution in [-0.2, 0) is 0 Å². The molecule has 0 aliphatic carbocycles. The molecular formula is C22H21F2N3O. The lowest BCUT2D eigenvalue weighted by Gasteiger charge is -2.34. The van der Waals surface area contributed by atoms with E-state index in [2.05, 4.69) is 10.3 Å². The maximum absolute atomic E-state index is 13.5. The highest BCUT2D eigenvalue weighted by Crippen LogP contribution is 2.23. The highest BCUT2D eigenvalue weighted by Gasteiger charge is 2.25. The summed E-state index contributed by atoms with van der Waals surface area (Å²) >= 11 is 0. The van der Waals surface area contributed by atoms with Crippen LogP contribution in [0.4, 0.5) is 14.5 Å². The maximum atomic E-state index is 13.5. The molecule has 1 fully saturated rings. The molecule has 1 aliphatic heterocycles. The highest BCUT2D eigenvalue weighted by atomic mass is 19.2. The van der Waals surface area contributed by atoms with Crippen molar-refractivity contribution in [2.24, 2.45) is 0 Å². The van der Waals surface area contributed by atoms with Crippen molar-refractivity contribution in [3.8, 4) is 0 Å². The van der Waals surface area contributed by atoms with Crippen molar-refractivity contribution >= 4 is 22.5 Å². The standard InChI is InChI=1S/C22H21F2N3O/c1-14-4-7-21-18(11-14)17(8-9-25-21)22(28)27-10-2-3-16(13-27)26-15-5-6-19(23)20(24)12-15/h4-9,11-12,16,26H,2-3,10,13H2,1H3. The number of amides is 1. The van der Waals surface area contributed by atoms with E-state index in [1.54, 1.807) is 12.3 Å². The van der Waals surface area contributed by atoms with Crippen molar-refractivity contribution < 1.29 is 13.6 Å². The molecule has 1 N–H and O–H groups in total. The van der Waals surface area contributed by atoms with Gasteiger partial charge in [0.2, 0.25) is 0 Å². The van der Waals surface area contributed by atoms with Crippen LogP contribution in [0, 0.1) is 18.6 Å². The predicted molar refractivity (Wildman–Crippen MR) is 105 cm³/mol. The number of fused-ring (bicyclic) bond motifs is 1. The lowest BCUT2D eigenvalue weighted by atomic mass is 10.0. The fourth-order valence-electron chi connectivity index (χ4n) is 3.72. The largest absolute Gasteiger partial charge is 0.380 e. The van der Waals surface area contributed by atoms with Gasteiger partial charge < -0.3 is 10.2 Å². The number of hydrogen-bond acceptors (Lipinski definition) is 3. The summed E-state index contributed by atoms with van der Waals surface area (Å²) in [5.74, 6) is -1.78. The first-order valence-electron chi connectivity index (χ1n) is 9.37. The number of nitrogens with one attached hydrogen (secondary N) is 1. The summed E-state index contributed by atoms with van der Waals surface area (Å²) in [6.45, 7) is 3.17. The second-order valence-corrected chi connectivity index (χ2v) is 7.24. The van der Waals surface area contributed by atoms with Crippen LogP contribution < -0.4 is 5.32 Å². The number of benzene rings is 2. The summed E-state index contributed by atoms with van der Waals surface area (Å²) in [6, 6.07) is 11.4. The summed E-state index contributed by atoms with van der Waals surface area (Å²) in [6.07, 6.45) is 3.36. The van der Waals surface area contributed by atoms with Gasteiger partial charge in [0.1, 0.15) is 0 Å². The number of carbonyl (C=O) groups excluding carboxylic acids is 1. The molecule has 1 saturated heterocycles. The fraction of sp³-hybridized carbons (Fsp3) is 0.273. The molecule has 6 heteroatoms. The van der Waals surface area contributed by atoms with Gasteiger partial charge in [-0.1, -0.05) is 11.6 Å². The molecule has 144 valence electrons. The van der Waals surface area contributed by atoms with Crippen molar-refractivity contribution in [2.45, 2.75) is 25.8 Å². The van der Waals surface area contributed by atoms with Gasteiger partial charge in [0.05, 0.1) is 11.1 Å². The second kappa shape index (κ2) is 7.54. The molecule has 0 bridgehead atoms. The van der Waals surface area contributed by atoms with E-state index in [-0.39, 0.29) is 11.9 Å². The number of aromatic nitrogens is 1. The smallest absolute Gasteiger partial charge is 0.254 e. The van der Waals surface area contributed by atoms with Crippen LogP contribution >= 0.6 is 0 Å². The molecule has 4 nitrogen and oxygen atoms in total. The van der Waals surface area contributed by atoms with Crippen LogP contribution in [0.5, 0.6) is 0 Å². The first kappa shape index (κ1) is 18.3. The Kier molecular flexibility index (Phi) is 4.94. The lowest BCUT2D eigenvalue weighted by Crippen LogP contribution is -2.45. The Morgan fingerprint density at radius 2 is 2.00 bits per heavy atom. The molecule has 28 heavy (non-hydrogen) atoms. The van der Waals surface area contributed by atoms with Crippen molar-refractivity contribution in [1.82, 2.24) is 9.88 Å². The van der Waals surface area contributed by atoms with Crippen LogP contribution in [-0.4, -0.2) is 34.9 Å². The number of carbonyl (C=O) groups is 1. The average Bonchev–Trinajstić information content (AvgIpc) is 2.70. The lowest BCUT2D eigenvalue weighted by molar-refractivity contribution is 0.0716. The zero-order chi connectivity index (χ0) is 19.7. The number of rotatable bonds is 3. The van der Waals surface area contributed by atoms with E-state index >= 15 is 0 Å². The third-order valence-corrected chi connectivity index (χ3v) is 5.13. The van der Waals surface area contributed by atoms with E-state index in [0.29, 0.717) is 24.3 Å². The molecule has 1 aliphatic rings. The molecule has 3 aromatic rings. The summed E-state index contributed by atoms with van der Waals surface area (Å²) in [5, 5.41) is 4.07. The molecule has 1 amide bonds. The van der Waals surface area contributed by atoms with Crippen LogP contribution in [0.15, 0.2) is 48.7 Å². The van der Waals surface area contributed by atoms with Gasteiger partial charge in [-0.3, -0.25) is 9.78 Å². The monoisotopic (exact) mass is 381 g/mol. The summed E-state index contributed by atoms with van der Waals surface area (Å²) in [7, 11) is 0. The van der Waals surface area contributed by atoms with Gasteiger partial charge in [0.25, 0.3) is 5.91 Å². The number of halogens is 2. The van der Waals surface area contributed by atoms with Crippen LogP contribution in [0.3, 0.4) is 0 Å². The third kappa shape index (κ3) is 3.67. The van der Waals surface area contributed by atoms with E-state index in [1.807, 2.05) is 30.0 Å². The van der Waals surface area contributed by atoms with Crippen LogP contribution in [0.1, 0.15) is 28.8 Å². The van der Waals surface area contributed by atoms with Gasteiger partial charge in [0.15, 0.2) is 11.6 Å². The minimum absolute atomic E-state index is 0.0163. The molecule has 0 spiro atoms. The number of aryl methyl sites for hydroxylation is 1. The van der Waals surface area contributed by atoms with Gasteiger partial charge in [-0.25, -0.2) is 8.78 Å². The number of nitrogens with zero attached hydrogens (tertiary/aromatic N) is 2. The van der Waals surface area contributed by atoms with Crippen molar-refractivity contribution in [3.05, 3.63) is 71.4 Å². The van der Waals surface area contributed by atoms with Crippen LogP contribution in [0.2, 0.25) is 0 Å². The van der Waals surface area contributed by atoms with E-state index in [1.165, 1.54) is 6.07 Å². The molecular weight excluding hydrogens is 360 g/mol. The summed E-state index contributed by atoms with van der Waals surface area (Å²) in [5.41, 5.74) is 3.03. The Hall–Kier alpha value is -3.02. The topological polar surface area (TPSA) is 45.2 Å².